The van der Waals surface area contributed by atoms with Crippen LogP contribution in [0.15, 0.2) is 0 Å². The number of aromatic nitrogens is 5. The molecule has 2 aromatic heterocycles. The number of rotatable bonds is 4. The van der Waals surface area contributed by atoms with Gasteiger partial charge in [0.05, 0.1) is 12.3 Å². The van der Waals surface area contributed by atoms with Crippen LogP contribution in [0.2, 0.25) is 5.28 Å². The molecule has 2 aromatic rings. The van der Waals surface area contributed by atoms with Crippen molar-refractivity contribution in [2.75, 3.05) is 6.61 Å². The van der Waals surface area contributed by atoms with Crippen molar-refractivity contribution in [3.63, 3.8) is 0 Å². The van der Waals surface area contributed by atoms with Gasteiger partial charge in [0.25, 0.3) is 5.95 Å². The zero-order valence-corrected chi connectivity index (χ0v) is 12.2. The molecule has 0 spiro atoms. The highest BCUT2D eigenvalue weighted by atomic mass is 35.5. The second-order valence-electron chi connectivity index (χ2n) is 4.24. The quantitative estimate of drug-likeness (QED) is 0.861. The van der Waals surface area contributed by atoms with Crippen molar-refractivity contribution in [3.05, 3.63) is 22.2 Å². The maximum atomic E-state index is 5.89. The zero-order chi connectivity index (χ0) is 14.0. The number of halogens is 1. The molecule has 0 N–H and O–H groups in total. The highest BCUT2D eigenvalue weighted by molar-refractivity contribution is 6.28. The van der Waals surface area contributed by atoms with Gasteiger partial charge in [0.15, 0.2) is 0 Å². The van der Waals surface area contributed by atoms with Gasteiger partial charge in [-0.2, -0.15) is 20.1 Å². The monoisotopic (exact) mass is 281 g/mol. The second-order valence-corrected chi connectivity index (χ2v) is 4.58. The van der Waals surface area contributed by atoms with Crippen LogP contribution in [0.5, 0.6) is 6.01 Å². The number of aryl methyl sites for hydroxylation is 1. The van der Waals surface area contributed by atoms with Crippen LogP contribution in [0.3, 0.4) is 0 Å². The smallest absolute Gasteiger partial charge is 0.322 e. The molecular formula is C12H16ClN5O. The lowest BCUT2D eigenvalue weighted by atomic mass is 10.2. The third-order valence-corrected chi connectivity index (χ3v) is 3.02. The average molecular weight is 282 g/mol. The first kappa shape index (κ1) is 13.7. The third kappa shape index (κ3) is 2.84. The maximum absolute atomic E-state index is 5.89. The summed E-state index contributed by atoms with van der Waals surface area (Å²) >= 11 is 5.89. The van der Waals surface area contributed by atoms with E-state index in [0.717, 1.165) is 23.4 Å². The zero-order valence-electron chi connectivity index (χ0n) is 11.4. The molecule has 0 aromatic carbocycles. The van der Waals surface area contributed by atoms with Gasteiger partial charge < -0.3 is 4.74 Å². The molecule has 6 nitrogen and oxygen atoms in total. The van der Waals surface area contributed by atoms with Gasteiger partial charge in [0, 0.05) is 5.69 Å². The van der Waals surface area contributed by atoms with Gasteiger partial charge in [0.1, 0.15) is 0 Å². The second kappa shape index (κ2) is 5.52. The molecule has 0 atom stereocenters. The fourth-order valence-corrected chi connectivity index (χ4v) is 1.74. The largest absolute Gasteiger partial charge is 0.463 e. The summed E-state index contributed by atoms with van der Waals surface area (Å²) in [6.45, 7) is 8.45. The Morgan fingerprint density at radius 3 is 2.47 bits per heavy atom. The van der Waals surface area contributed by atoms with Crippen molar-refractivity contribution in [3.8, 4) is 12.0 Å². The molecule has 0 fully saturated rings. The Balaban J connectivity index is 2.43. The number of hydrogen-bond donors (Lipinski definition) is 0. The van der Waals surface area contributed by atoms with E-state index in [1.807, 2.05) is 27.7 Å². The molecule has 102 valence electrons. The Labute approximate surface area is 116 Å². The van der Waals surface area contributed by atoms with Crippen LogP contribution in [0.1, 0.15) is 30.3 Å². The van der Waals surface area contributed by atoms with E-state index in [9.17, 15) is 0 Å². The molecule has 0 saturated carbocycles. The van der Waals surface area contributed by atoms with E-state index in [2.05, 4.69) is 20.1 Å². The van der Waals surface area contributed by atoms with Crippen LogP contribution in [0.25, 0.3) is 5.95 Å². The predicted octanol–water partition coefficient (Wildman–Crippen LogP) is 2.42. The molecule has 7 heteroatoms. The number of nitrogens with zero attached hydrogens (tertiary/aromatic N) is 5. The molecule has 0 bridgehead atoms. The average Bonchev–Trinajstić information content (AvgIpc) is 2.63. The summed E-state index contributed by atoms with van der Waals surface area (Å²) in [5, 5.41) is 4.49. The summed E-state index contributed by atoms with van der Waals surface area (Å²) in [6.07, 6.45) is 0.873. The fourth-order valence-electron chi connectivity index (χ4n) is 1.59. The lowest BCUT2D eigenvalue weighted by molar-refractivity contribution is 0.290. The van der Waals surface area contributed by atoms with Crippen molar-refractivity contribution in [2.24, 2.45) is 0 Å². The van der Waals surface area contributed by atoms with Crippen molar-refractivity contribution in [2.45, 2.75) is 34.1 Å². The normalized spacial score (nSPS) is 10.8. The van der Waals surface area contributed by atoms with E-state index in [-0.39, 0.29) is 11.3 Å². The highest BCUT2D eigenvalue weighted by Gasteiger charge is 2.14. The van der Waals surface area contributed by atoms with Crippen LogP contribution in [0.4, 0.5) is 0 Å². The van der Waals surface area contributed by atoms with E-state index in [4.69, 9.17) is 16.3 Å². The van der Waals surface area contributed by atoms with E-state index in [1.54, 1.807) is 4.68 Å². The van der Waals surface area contributed by atoms with Crippen molar-refractivity contribution in [1.29, 1.82) is 0 Å². The topological polar surface area (TPSA) is 65.7 Å². The number of ether oxygens (including phenoxy) is 1. The van der Waals surface area contributed by atoms with Crippen molar-refractivity contribution in [1.82, 2.24) is 24.7 Å². The molecule has 2 heterocycles. The molecule has 0 amide bonds. The minimum atomic E-state index is 0.0984. The first-order chi connectivity index (χ1) is 9.02. The van der Waals surface area contributed by atoms with Gasteiger partial charge in [-0.3, -0.25) is 0 Å². The lowest BCUT2D eigenvalue weighted by Gasteiger charge is -2.06. The summed E-state index contributed by atoms with van der Waals surface area (Å²) in [5.41, 5.74) is 3.01. The third-order valence-electron chi connectivity index (χ3n) is 2.85. The molecule has 0 radical (unpaired) electrons. The minimum Gasteiger partial charge on any atom is -0.463 e. The van der Waals surface area contributed by atoms with Gasteiger partial charge in [-0.25, -0.2) is 4.68 Å². The van der Waals surface area contributed by atoms with Crippen LogP contribution >= 0.6 is 11.6 Å². The summed E-state index contributed by atoms with van der Waals surface area (Å²) in [7, 11) is 0. The minimum absolute atomic E-state index is 0.0984. The molecule has 0 unspecified atom stereocenters. The van der Waals surface area contributed by atoms with E-state index in [1.165, 1.54) is 0 Å². The Bertz CT molecular complexity index is 596. The molecule has 0 aliphatic heterocycles. The van der Waals surface area contributed by atoms with Gasteiger partial charge >= 0.3 is 6.01 Å². The van der Waals surface area contributed by atoms with Gasteiger partial charge in [-0.15, -0.1) is 0 Å². The van der Waals surface area contributed by atoms with Crippen molar-refractivity contribution < 1.29 is 4.74 Å². The summed E-state index contributed by atoms with van der Waals surface area (Å²) in [4.78, 5) is 12.3. The van der Waals surface area contributed by atoms with Crippen LogP contribution in [-0.4, -0.2) is 31.3 Å². The maximum Gasteiger partial charge on any atom is 0.322 e. The Morgan fingerprint density at radius 1 is 1.16 bits per heavy atom. The first-order valence-electron chi connectivity index (χ1n) is 6.10. The molecule has 0 saturated heterocycles. The van der Waals surface area contributed by atoms with Crippen LogP contribution in [-0.2, 0) is 0 Å². The van der Waals surface area contributed by atoms with Crippen LogP contribution in [0, 0.1) is 20.8 Å². The van der Waals surface area contributed by atoms with E-state index >= 15 is 0 Å². The molecule has 2 rings (SSSR count). The van der Waals surface area contributed by atoms with E-state index < -0.39 is 0 Å². The molecule has 0 aliphatic rings. The van der Waals surface area contributed by atoms with E-state index in [0.29, 0.717) is 12.6 Å². The first-order valence-corrected chi connectivity index (χ1v) is 6.48. The standard InChI is InChI=1S/C12H16ClN5O/c1-5-6-19-12-15-10(13)14-11(16-12)18-9(4)7(2)8(3)17-18/h5-6H2,1-4H3. The van der Waals surface area contributed by atoms with Gasteiger partial charge in [-0.1, -0.05) is 6.92 Å². The molecular weight excluding hydrogens is 266 g/mol. The Hall–Kier alpha value is -1.69. The Kier molecular flexibility index (Phi) is 3.99. The highest BCUT2D eigenvalue weighted by Crippen LogP contribution is 2.17. The fraction of sp³-hybridized carbons (Fsp3) is 0.500. The summed E-state index contributed by atoms with van der Waals surface area (Å²) in [6, 6.07) is 0.224. The van der Waals surface area contributed by atoms with Crippen LogP contribution < -0.4 is 4.74 Å². The van der Waals surface area contributed by atoms with Gasteiger partial charge in [-0.05, 0) is 44.4 Å². The van der Waals surface area contributed by atoms with Crippen molar-refractivity contribution >= 4 is 11.6 Å². The SMILES string of the molecule is CCCOc1nc(Cl)nc(-n2nc(C)c(C)c2C)n1. The lowest BCUT2D eigenvalue weighted by Crippen LogP contribution is -2.09. The predicted molar refractivity (Wildman–Crippen MR) is 72.0 cm³/mol. The number of hydrogen-bond acceptors (Lipinski definition) is 5. The summed E-state index contributed by atoms with van der Waals surface area (Å²) < 4.78 is 7.04. The molecule has 0 aliphatic carbocycles. The Morgan fingerprint density at radius 2 is 1.89 bits per heavy atom. The summed E-state index contributed by atoms with van der Waals surface area (Å²) in [5.74, 6) is 0.375. The van der Waals surface area contributed by atoms with Gasteiger partial charge in [0.2, 0.25) is 5.28 Å². The molecule has 19 heavy (non-hydrogen) atoms.